The first kappa shape index (κ1) is 15.0. The molecule has 2 N–H and O–H groups in total. The lowest BCUT2D eigenvalue weighted by atomic mass is 9.94. The lowest BCUT2D eigenvalue weighted by Gasteiger charge is -2.28. The van der Waals surface area contributed by atoms with Crippen molar-refractivity contribution in [2.45, 2.75) is 26.8 Å². The zero-order valence-corrected chi connectivity index (χ0v) is 12.1. The van der Waals surface area contributed by atoms with Crippen molar-refractivity contribution < 1.29 is 18.7 Å². The van der Waals surface area contributed by atoms with Crippen molar-refractivity contribution in [2.24, 2.45) is 0 Å². The van der Waals surface area contributed by atoms with E-state index in [-0.39, 0.29) is 12.4 Å². The van der Waals surface area contributed by atoms with E-state index in [0.29, 0.717) is 22.4 Å². The van der Waals surface area contributed by atoms with E-state index in [2.05, 4.69) is 10.6 Å². The van der Waals surface area contributed by atoms with Gasteiger partial charge in [-0.05, 0) is 38.0 Å². The second-order valence-electron chi connectivity index (χ2n) is 4.80. The van der Waals surface area contributed by atoms with Crippen LogP contribution in [0.1, 0.15) is 31.0 Å². The van der Waals surface area contributed by atoms with E-state index in [9.17, 15) is 14.0 Å². The SMILES string of the molecule is CCOC(=O)C1=C(C)NC(=O)NC1c1ccc(F)c(C)c1. The van der Waals surface area contributed by atoms with Gasteiger partial charge >= 0.3 is 12.0 Å². The van der Waals surface area contributed by atoms with E-state index in [0.717, 1.165) is 0 Å². The van der Waals surface area contributed by atoms with Crippen molar-refractivity contribution in [2.75, 3.05) is 6.61 Å². The van der Waals surface area contributed by atoms with Crippen LogP contribution in [0.3, 0.4) is 0 Å². The molecule has 0 aromatic heterocycles. The third-order valence-corrected chi connectivity index (χ3v) is 3.28. The molecule has 0 bridgehead atoms. The van der Waals surface area contributed by atoms with Crippen molar-refractivity contribution in [1.82, 2.24) is 10.6 Å². The number of halogens is 1. The summed E-state index contributed by atoms with van der Waals surface area (Å²) in [4.78, 5) is 23.8. The minimum atomic E-state index is -0.655. The fraction of sp³-hybridized carbons (Fsp3) is 0.333. The lowest BCUT2D eigenvalue weighted by Crippen LogP contribution is -2.45. The molecular formula is C15H17FN2O3. The van der Waals surface area contributed by atoms with Crippen LogP contribution in [0.25, 0.3) is 0 Å². The fourth-order valence-corrected chi connectivity index (χ4v) is 2.27. The van der Waals surface area contributed by atoms with Crippen LogP contribution in [-0.2, 0) is 9.53 Å². The molecule has 0 spiro atoms. The first-order valence-electron chi connectivity index (χ1n) is 6.65. The molecular weight excluding hydrogens is 275 g/mol. The number of allylic oxidation sites excluding steroid dienone is 1. The average molecular weight is 292 g/mol. The monoisotopic (exact) mass is 292 g/mol. The van der Waals surface area contributed by atoms with Crippen LogP contribution in [0.5, 0.6) is 0 Å². The summed E-state index contributed by atoms with van der Waals surface area (Å²) in [7, 11) is 0. The molecule has 1 unspecified atom stereocenters. The summed E-state index contributed by atoms with van der Waals surface area (Å²) in [6.45, 7) is 5.20. The molecule has 1 heterocycles. The zero-order chi connectivity index (χ0) is 15.6. The Morgan fingerprint density at radius 2 is 2.10 bits per heavy atom. The van der Waals surface area contributed by atoms with Crippen LogP contribution < -0.4 is 10.6 Å². The number of carbonyl (C=O) groups is 2. The topological polar surface area (TPSA) is 67.4 Å². The highest BCUT2D eigenvalue weighted by molar-refractivity contribution is 5.95. The maximum absolute atomic E-state index is 13.4. The normalized spacial score (nSPS) is 18.1. The standard InChI is InChI=1S/C15H17FN2O3/c1-4-21-14(19)12-9(3)17-15(20)18-13(12)10-5-6-11(16)8(2)7-10/h5-7,13H,4H2,1-3H3,(H2,17,18,20). The van der Waals surface area contributed by atoms with Gasteiger partial charge in [-0.3, -0.25) is 0 Å². The lowest BCUT2D eigenvalue weighted by molar-refractivity contribution is -0.139. The van der Waals surface area contributed by atoms with Gasteiger partial charge in [0, 0.05) is 5.70 Å². The van der Waals surface area contributed by atoms with Gasteiger partial charge in [0.05, 0.1) is 18.2 Å². The number of esters is 1. The van der Waals surface area contributed by atoms with Gasteiger partial charge in [-0.1, -0.05) is 12.1 Å². The third-order valence-electron chi connectivity index (χ3n) is 3.28. The van der Waals surface area contributed by atoms with Gasteiger partial charge in [0.25, 0.3) is 0 Å². The molecule has 1 atom stereocenters. The van der Waals surface area contributed by atoms with E-state index < -0.39 is 18.0 Å². The van der Waals surface area contributed by atoms with E-state index in [1.54, 1.807) is 32.9 Å². The van der Waals surface area contributed by atoms with Crippen molar-refractivity contribution >= 4 is 12.0 Å². The van der Waals surface area contributed by atoms with E-state index in [1.807, 2.05) is 0 Å². The summed E-state index contributed by atoms with van der Waals surface area (Å²) in [6, 6.07) is 3.41. The third kappa shape index (κ3) is 3.04. The van der Waals surface area contributed by atoms with Gasteiger partial charge in [-0.15, -0.1) is 0 Å². The Bertz CT molecular complexity index is 625. The highest BCUT2D eigenvalue weighted by atomic mass is 19.1. The second kappa shape index (κ2) is 5.95. The van der Waals surface area contributed by atoms with Crippen LogP contribution in [0.2, 0.25) is 0 Å². The summed E-state index contributed by atoms with van der Waals surface area (Å²) in [5.41, 5.74) is 1.83. The van der Waals surface area contributed by atoms with Crippen molar-refractivity contribution in [1.29, 1.82) is 0 Å². The maximum Gasteiger partial charge on any atom is 0.338 e. The first-order chi connectivity index (χ1) is 9.93. The van der Waals surface area contributed by atoms with Crippen molar-refractivity contribution in [3.8, 4) is 0 Å². The van der Waals surface area contributed by atoms with Gasteiger partial charge in [0.2, 0.25) is 0 Å². The predicted molar refractivity (Wildman–Crippen MR) is 74.9 cm³/mol. The van der Waals surface area contributed by atoms with Crippen molar-refractivity contribution in [3.05, 3.63) is 46.4 Å². The van der Waals surface area contributed by atoms with Gasteiger partial charge in [-0.2, -0.15) is 0 Å². The van der Waals surface area contributed by atoms with Gasteiger partial charge in [-0.25, -0.2) is 14.0 Å². The van der Waals surface area contributed by atoms with Gasteiger partial charge in [0.1, 0.15) is 5.82 Å². The molecule has 0 radical (unpaired) electrons. The largest absolute Gasteiger partial charge is 0.463 e. The molecule has 1 aliphatic rings. The molecule has 1 aromatic carbocycles. The van der Waals surface area contributed by atoms with Gasteiger partial charge < -0.3 is 15.4 Å². The molecule has 21 heavy (non-hydrogen) atoms. The number of benzene rings is 1. The summed E-state index contributed by atoms with van der Waals surface area (Å²) in [5, 5.41) is 5.22. The molecule has 1 aromatic rings. The van der Waals surface area contributed by atoms with Crippen LogP contribution in [0.4, 0.5) is 9.18 Å². The molecule has 0 saturated heterocycles. The number of carbonyl (C=O) groups excluding carboxylic acids is 2. The Balaban J connectivity index is 2.46. The minimum absolute atomic E-state index is 0.235. The van der Waals surface area contributed by atoms with E-state index in [1.165, 1.54) is 6.07 Å². The Morgan fingerprint density at radius 3 is 2.71 bits per heavy atom. The molecule has 0 saturated carbocycles. The molecule has 2 amide bonds. The minimum Gasteiger partial charge on any atom is -0.463 e. The number of rotatable bonds is 3. The van der Waals surface area contributed by atoms with E-state index in [4.69, 9.17) is 4.74 Å². The number of urea groups is 1. The highest BCUT2D eigenvalue weighted by Gasteiger charge is 2.32. The first-order valence-corrected chi connectivity index (χ1v) is 6.65. The fourth-order valence-electron chi connectivity index (χ4n) is 2.27. The number of hydrogen-bond acceptors (Lipinski definition) is 3. The average Bonchev–Trinajstić information content (AvgIpc) is 2.41. The molecule has 112 valence electrons. The smallest absolute Gasteiger partial charge is 0.338 e. The summed E-state index contributed by atoms with van der Waals surface area (Å²) < 4.78 is 18.4. The quantitative estimate of drug-likeness (QED) is 0.840. The highest BCUT2D eigenvalue weighted by Crippen LogP contribution is 2.28. The van der Waals surface area contributed by atoms with Crippen LogP contribution in [0.15, 0.2) is 29.5 Å². The van der Waals surface area contributed by atoms with E-state index >= 15 is 0 Å². The molecule has 2 rings (SSSR count). The summed E-state index contributed by atoms with van der Waals surface area (Å²) >= 11 is 0. The molecule has 0 fully saturated rings. The number of nitrogens with one attached hydrogen (secondary N) is 2. The zero-order valence-electron chi connectivity index (χ0n) is 12.1. The maximum atomic E-state index is 13.4. The molecule has 0 aliphatic carbocycles. The predicted octanol–water partition coefficient (Wildman–Crippen LogP) is 2.33. The Kier molecular flexibility index (Phi) is 4.26. The molecule has 1 aliphatic heterocycles. The number of ether oxygens (including phenoxy) is 1. The summed E-state index contributed by atoms with van der Waals surface area (Å²) in [6.07, 6.45) is 0. The van der Waals surface area contributed by atoms with Crippen LogP contribution in [-0.4, -0.2) is 18.6 Å². The Hall–Kier alpha value is -2.37. The number of hydrogen-bond donors (Lipinski definition) is 2. The number of aryl methyl sites for hydroxylation is 1. The van der Waals surface area contributed by atoms with Crippen molar-refractivity contribution in [3.63, 3.8) is 0 Å². The summed E-state index contributed by atoms with van der Waals surface area (Å²) in [5.74, 6) is -0.841. The molecule has 6 heteroatoms. The second-order valence-corrected chi connectivity index (χ2v) is 4.80. The molecule has 5 nitrogen and oxygen atoms in total. The number of amides is 2. The Labute approximate surface area is 122 Å². The Morgan fingerprint density at radius 1 is 1.38 bits per heavy atom. The van der Waals surface area contributed by atoms with Gasteiger partial charge in [0.15, 0.2) is 0 Å². The van der Waals surface area contributed by atoms with Crippen LogP contribution >= 0.6 is 0 Å². The van der Waals surface area contributed by atoms with Crippen LogP contribution in [0, 0.1) is 12.7 Å².